The van der Waals surface area contributed by atoms with E-state index in [1.807, 2.05) is 0 Å². The minimum atomic E-state index is -0.446. The van der Waals surface area contributed by atoms with Gasteiger partial charge in [0.05, 0.1) is 5.56 Å². The van der Waals surface area contributed by atoms with Crippen molar-refractivity contribution in [1.82, 2.24) is 0 Å². The highest BCUT2D eigenvalue weighted by molar-refractivity contribution is 9.10. The Morgan fingerprint density at radius 1 is 1.30 bits per heavy atom. The van der Waals surface area contributed by atoms with Gasteiger partial charge >= 0.3 is 0 Å². The number of hydrogen-bond acceptors (Lipinski definition) is 3. The van der Waals surface area contributed by atoms with Crippen LogP contribution in [-0.2, 0) is 0 Å². The fourth-order valence-corrected chi connectivity index (χ4v) is 2.00. The quantitative estimate of drug-likeness (QED) is 0.387. The number of hydrogen-bond donors (Lipinski definition) is 2. The smallest absolute Gasteiger partial charge is 0.173 e. The summed E-state index contributed by atoms with van der Waals surface area (Å²) in [7, 11) is 0. The molecule has 3 N–H and O–H groups in total. The molecule has 0 atom stereocenters. The van der Waals surface area contributed by atoms with E-state index in [1.165, 1.54) is 6.07 Å². The van der Waals surface area contributed by atoms with Gasteiger partial charge in [0, 0.05) is 4.47 Å². The number of aryl methyl sites for hydroxylation is 1. The van der Waals surface area contributed by atoms with E-state index in [1.54, 1.807) is 37.3 Å². The highest BCUT2D eigenvalue weighted by atomic mass is 79.9. The molecule has 2 aromatic rings. The molecule has 0 saturated heterocycles. The lowest BCUT2D eigenvalue weighted by atomic mass is 10.2. The predicted octanol–water partition coefficient (Wildman–Crippen LogP) is 3.78. The van der Waals surface area contributed by atoms with E-state index < -0.39 is 5.82 Å². The first-order valence-electron chi connectivity index (χ1n) is 5.73. The Morgan fingerprint density at radius 2 is 2.05 bits per heavy atom. The summed E-state index contributed by atoms with van der Waals surface area (Å²) < 4.78 is 20.2. The third-order valence-corrected chi connectivity index (χ3v) is 3.20. The topological polar surface area (TPSA) is 67.8 Å². The van der Waals surface area contributed by atoms with Crippen molar-refractivity contribution in [3.63, 3.8) is 0 Å². The van der Waals surface area contributed by atoms with Crippen LogP contribution in [0.2, 0.25) is 0 Å². The second-order valence-electron chi connectivity index (χ2n) is 4.11. The largest absolute Gasteiger partial charge is 0.453 e. The van der Waals surface area contributed by atoms with Gasteiger partial charge in [0.1, 0.15) is 5.75 Å². The van der Waals surface area contributed by atoms with Crippen LogP contribution in [-0.4, -0.2) is 11.0 Å². The summed E-state index contributed by atoms with van der Waals surface area (Å²) >= 11 is 3.30. The van der Waals surface area contributed by atoms with Crippen LogP contribution in [0.4, 0.5) is 4.39 Å². The molecule has 0 aliphatic heterocycles. The van der Waals surface area contributed by atoms with Crippen LogP contribution in [0, 0.1) is 12.7 Å². The van der Waals surface area contributed by atoms with Crippen LogP contribution in [0.3, 0.4) is 0 Å². The summed E-state index contributed by atoms with van der Waals surface area (Å²) in [5, 5.41) is 11.7. The SMILES string of the molecule is Cc1cccc(Oc2cc(Br)ccc2/C(N)=N/O)c1F. The highest BCUT2D eigenvalue weighted by Gasteiger charge is 2.13. The van der Waals surface area contributed by atoms with Crippen molar-refractivity contribution >= 4 is 21.8 Å². The molecule has 2 rings (SSSR count). The summed E-state index contributed by atoms with van der Waals surface area (Å²) in [6.45, 7) is 1.65. The first kappa shape index (κ1) is 14.3. The van der Waals surface area contributed by atoms with Crippen LogP contribution in [0.1, 0.15) is 11.1 Å². The lowest BCUT2D eigenvalue weighted by molar-refractivity contribution is 0.318. The molecule has 0 aromatic heterocycles. The summed E-state index contributed by atoms with van der Waals surface area (Å²) in [5.74, 6) is -0.187. The normalized spacial score (nSPS) is 11.4. The Labute approximate surface area is 123 Å². The highest BCUT2D eigenvalue weighted by Crippen LogP contribution is 2.31. The monoisotopic (exact) mass is 338 g/mol. The number of rotatable bonds is 3. The number of nitrogens with two attached hydrogens (primary N) is 1. The zero-order valence-corrected chi connectivity index (χ0v) is 12.2. The molecular formula is C14H12BrFN2O2. The van der Waals surface area contributed by atoms with Gasteiger partial charge in [0.15, 0.2) is 17.4 Å². The third kappa shape index (κ3) is 2.91. The number of benzene rings is 2. The fourth-order valence-electron chi connectivity index (χ4n) is 1.66. The molecule has 2 aromatic carbocycles. The molecule has 0 unspecified atom stereocenters. The molecule has 0 heterocycles. The van der Waals surface area contributed by atoms with Gasteiger partial charge in [-0.2, -0.15) is 0 Å². The Balaban J connectivity index is 2.47. The second-order valence-corrected chi connectivity index (χ2v) is 5.03. The summed E-state index contributed by atoms with van der Waals surface area (Å²) in [6, 6.07) is 9.80. The lowest BCUT2D eigenvalue weighted by Crippen LogP contribution is -2.14. The average molecular weight is 339 g/mol. The minimum Gasteiger partial charge on any atom is -0.453 e. The van der Waals surface area contributed by atoms with E-state index in [4.69, 9.17) is 15.7 Å². The molecule has 4 nitrogen and oxygen atoms in total. The van der Waals surface area contributed by atoms with Crippen molar-refractivity contribution in [2.75, 3.05) is 0 Å². The molecule has 0 spiro atoms. The first-order chi connectivity index (χ1) is 9.52. The van der Waals surface area contributed by atoms with Crippen molar-refractivity contribution in [2.24, 2.45) is 10.9 Å². The Hall–Kier alpha value is -2.08. The van der Waals surface area contributed by atoms with E-state index >= 15 is 0 Å². The van der Waals surface area contributed by atoms with Gasteiger partial charge in [-0.05, 0) is 36.8 Å². The van der Waals surface area contributed by atoms with E-state index in [0.29, 0.717) is 16.9 Å². The number of halogens is 2. The zero-order valence-electron chi connectivity index (χ0n) is 10.6. The molecule has 104 valence electrons. The number of oxime groups is 1. The van der Waals surface area contributed by atoms with Crippen LogP contribution in [0.15, 0.2) is 46.0 Å². The number of amidine groups is 1. The fraction of sp³-hybridized carbons (Fsp3) is 0.0714. The third-order valence-electron chi connectivity index (χ3n) is 2.70. The molecule has 0 fully saturated rings. The van der Waals surface area contributed by atoms with E-state index in [9.17, 15) is 4.39 Å². The molecule has 0 radical (unpaired) electrons. The molecule has 0 bridgehead atoms. The van der Waals surface area contributed by atoms with Crippen LogP contribution < -0.4 is 10.5 Å². The summed E-state index contributed by atoms with van der Waals surface area (Å²) in [6.07, 6.45) is 0. The van der Waals surface area contributed by atoms with Crippen LogP contribution in [0.25, 0.3) is 0 Å². The maximum atomic E-state index is 14.0. The van der Waals surface area contributed by atoms with Gasteiger partial charge < -0.3 is 15.7 Å². The van der Waals surface area contributed by atoms with Gasteiger partial charge in [-0.3, -0.25) is 0 Å². The molecule has 20 heavy (non-hydrogen) atoms. The van der Waals surface area contributed by atoms with Crippen molar-refractivity contribution in [3.05, 3.63) is 57.8 Å². The number of ether oxygens (including phenoxy) is 1. The molecular weight excluding hydrogens is 327 g/mol. The second kappa shape index (κ2) is 5.92. The van der Waals surface area contributed by atoms with E-state index in [-0.39, 0.29) is 11.6 Å². The Kier molecular flexibility index (Phi) is 4.24. The molecule has 0 saturated carbocycles. The summed E-state index contributed by atoms with van der Waals surface area (Å²) in [4.78, 5) is 0. The molecule has 0 amide bonds. The maximum Gasteiger partial charge on any atom is 0.173 e. The van der Waals surface area contributed by atoms with Crippen molar-refractivity contribution in [1.29, 1.82) is 0 Å². The minimum absolute atomic E-state index is 0.0788. The van der Waals surface area contributed by atoms with Crippen molar-refractivity contribution in [3.8, 4) is 11.5 Å². The Bertz CT molecular complexity index is 674. The van der Waals surface area contributed by atoms with E-state index in [0.717, 1.165) is 4.47 Å². The maximum absolute atomic E-state index is 14.0. The predicted molar refractivity (Wildman–Crippen MR) is 77.9 cm³/mol. The van der Waals surface area contributed by atoms with Crippen molar-refractivity contribution < 1.29 is 14.3 Å². The zero-order chi connectivity index (χ0) is 14.7. The standard InChI is InChI=1S/C14H12BrFN2O2/c1-8-3-2-4-11(13(8)16)20-12-7-9(15)5-6-10(12)14(17)18-19/h2-7,19H,1H3,(H2,17,18). The Morgan fingerprint density at radius 3 is 2.75 bits per heavy atom. The van der Waals surface area contributed by atoms with Gasteiger partial charge in [-0.1, -0.05) is 33.2 Å². The molecule has 0 aliphatic rings. The van der Waals surface area contributed by atoms with Gasteiger partial charge in [0.2, 0.25) is 0 Å². The lowest BCUT2D eigenvalue weighted by Gasteiger charge is -2.12. The molecule has 0 aliphatic carbocycles. The van der Waals surface area contributed by atoms with E-state index in [2.05, 4.69) is 21.1 Å². The molecule has 6 heteroatoms. The summed E-state index contributed by atoms with van der Waals surface area (Å²) in [5.41, 5.74) is 6.42. The average Bonchev–Trinajstić information content (AvgIpc) is 2.43. The first-order valence-corrected chi connectivity index (χ1v) is 6.52. The van der Waals surface area contributed by atoms with Gasteiger partial charge in [-0.25, -0.2) is 4.39 Å². The van der Waals surface area contributed by atoms with Crippen LogP contribution in [0.5, 0.6) is 11.5 Å². The van der Waals surface area contributed by atoms with Crippen molar-refractivity contribution in [2.45, 2.75) is 6.92 Å². The van der Waals surface area contributed by atoms with Gasteiger partial charge in [-0.15, -0.1) is 0 Å². The van der Waals surface area contributed by atoms with Crippen LogP contribution >= 0.6 is 15.9 Å². The van der Waals surface area contributed by atoms with Gasteiger partial charge in [0.25, 0.3) is 0 Å². The number of nitrogens with zero attached hydrogens (tertiary/aromatic N) is 1.